The Kier molecular flexibility index (Phi) is 4.50. The number of nitrogens with one attached hydrogen (secondary N) is 1. The van der Waals surface area contributed by atoms with Crippen LogP contribution in [-0.4, -0.2) is 26.0 Å². The van der Waals surface area contributed by atoms with Gasteiger partial charge >= 0.3 is 0 Å². The number of rotatable bonds is 3. The minimum atomic E-state index is 0.332. The van der Waals surface area contributed by atoms with Crippen LogP contribution in [0.25, 0.3) is 0 Å². The summed E-state index contributed by atoms with van der Waals surface area (Å²) >= 11 is 0. The number of nitrogens with two attached hydrogens (primary N) is 1. The molecular formula is C5H13N3. The summed E-state index contributed by atoms with van der Waals surface area (Å²) in [5.74, 6) is 0. The molecule has 0 rings (SSSR count). The Hall–Kier alpha value is -0.410. The molecule has 48 valence electrons. The largest absolute Gasteiger partial charge is 0.312 e. The molecule has 0 amide bonds. The van der Waals surface area contributed by atoms with Gasteiger partial charge in [0, 0.05) is 12.3 Å². The third-order valence-corrected chi connectivity index (χ3v) is 0.890. The van der Waals surface area contributed by atoms with Gasteiger partial charge in [0.1, 0.15) is 0 Å². The molecule has 0 aliphatic rings. The van der Waals surface area contributed by atoms with Gasteiger partial charge in [-0.15, -0.1) is 0 Å². The van der Waals surface area contributed by atoms with Crippen LogP contribution in [0, 0.1) is 0 Å². The van der Waals surface area contributed by atoms with Gasteiger partial charge in [0.2, 0.25) is 0 Å². The molecule has 0 saturated carbocycles. The third kappa shape index (κ3) is 3.77. The lowest BCUT2D eigenvalue weighted by Crippen LogP contribution is -2.22. The van der Waals surface area contributed by atoms with E-state index in [-0.39, 0.29) is 0 Å². The molecule has 0 bridgehead atoms. The summed E-state index contributed by atoms with van der Waals surface area (Å²) in [4.78, 5) is 3.83. The first-order valence-corrected chi connectivity index (χ1v) is 2.68. The van der Waals surface area contributed by atoms with Gasteiger partial charge in [-0.3, -0.25) is 4.99 Å². The second-order valence-electron chi connectivity index (χ2n) is 1.59. The molecule has 0 spiro atoms. The van der Waals surface area contributed by atoms with Gasteiger partial charge in [-0.2, -0.15) is 0 Å². The fraction of sp³-hybridized carbons (Fsp3) is 0.800. The summed E-state index contributed by atoms with van der Waals surface area (Å²) in [6.45, 7) is 2.39. The van der Waals surface area contributed by atoms with Gasteiger partial charge < -0.3 is 11.1 Å². The summed E-state index contributed by atoms with van der Waals surface area (Å²) in [6.07, 6.45) is 1.79. The Morgan fingerprint density at radius 1 is 1.88 bits per heavy atom. The highest BCUT2D eigenvalue weighted by molar-refractivity contribution is 5.63. The van der Waals surface area contributed by atoms with Gasteiger partial charge in [-0.25, -0.2) is 0 Å². The van der Waals surface area contributed by atoms with Crippen molar-refractivity contribution in [3.05, 3.63) is 0 Å². The summed E-state index contributed by atoms with van der Waals surface area (Å²) in [6, 6.07) is 0.332. The first kappa shape index (κ1) is 7.59. The highest BCUT2D eigenvalue weighted by Gasteiger charge is 1.86. The lowest BCUT2D eigenvalue weighted by Gasteiger charge is -1.99. The molecule has 8 heavy (non-hydrogen) atoms. The van der Waals surface area contributed by atoms with Gasteiger partial charge in [0.15, 0.2) is 0 Å². The fourth-order valence-electron chi connectivity index (χ4n) is 0.294. The van der Waals surface area contributed by atoms with E-state index >= 15 is 0 Å². The lowest BCUT2D eigenvalue weighted by molar-refractivity contribution is 0.771. The van der Waals surface area contributed by atoms with Crippen LogP contribution in [0.2, 0.25) is 0 Å². The van der Waals surface area contributed by atoms with E-state index in [2.05, 4.69) is 10.3 Å². The molecule has 0 aromatic rings. The van der Waals surface area contributed by atoms with E-state index in [0.29, 0.717) is 12.7 Å². The third-order valence-electron chi connectivity index (χ3n) is 0.890. The van der Waals surface area contributed by atoms with Crippen LogP contribution >= 0.6 is 0 Å². The number of aliphatic imine (C=N–C) groups is 1. The zero-order chi connectivity index (χ0) is 6.41. The first-order valence-electron chi connectivity index (χ1n) is 2.68. The van der Waals surface area contributed by atoms with Crippen molar-refractivity contribution in [2.45, 2.75) is 13.0 Å². The van der Waals surface area contributed by atoms with Crippen molar-refractivity contribution in [1.82, 2.24) is 5.32 Å². The Morgan fingerprint density at radius 3 is 2.88 bits per heavy atom. The molecule has 0 heterocycles. The minimum Gasteiger partial charge on any atom is -0.312 e. The van der Waals surface area contributed by atoms with Gasteiger partial charge in [0.25, 0.3) is 0 Å². The summed E-state index contributed by atoms with van der Waals surface area (Å²) in [5, 5.41) is 2.99. The van der Waals surface area contributed by atoms with Gasteiger partial charge in [0.05, 0.1) is 6.67 Å². The highest BCUT2D eigenvalue weighted by atomic mass is 14.9. The van der Waals surface area contributed by atoms with Crippen LogP contribution in [-0.2, 0) is 0 Å². The van der Waals surface area contributed by atoms with E-state index in [1.165, 1.54) is 0 Å². The van der Waals surface area contributed by atoms with Crippen LogP contribution in [0.3, 0.4) is 0 Å². The molecular weight excluding hydrogens is 102 g/mol. The molecule has 0 saturated heterocycles. The van der Waals surface area contributed by atoms with Crippen molar-refractivity contribution in [3.8, 4) is 0 Å². The SMILES string of the molecule is CNC(C)C=NCN. The number of hydrogen-bond acceptors (Lipinski definition) is 3. The first-order chi connectivity index (χ1) is 3.81. The quantitative estimate of drug-likeness (QED) is 0.491. The summed E-state index contributed by atoms with van der Waals surface area (Å²) in [5.41, 5.74) is 5.11. The second-order valence-corrected chi connectivity index (χ2v) is 1.59. The van der Waals surface area contributed by atoms with Crippen LogP contribution in [0.4, 0.5) is 0 Å². The average molecular weight is 115 g/mol. The molecule has 3 N–H and O–H groups in total. The van der Waals surface area contributed by atoms with Crippen molar-refractivity contribution in [1.29, 1.82) is 0 Å². The minimum absolute atomic E-state index is 0.332. The predicted octanol–water partition coefficient (Wildman–Crippen LogP) is -0.419. The van der Waals surface area contributed by atoms with Crippen LogP contribution in [0.5, 0.6) is 0 Å². The Labute approximate surface area is 50.0 Å². The van der Waals surface area contributed by atoms with Crippen molar-refractivity contribution in [3.63, 3.8) is 0 Å². The maximum Gasteiger partial charge on any atom is 0.0856 e. The van der Waals surface area contributed by atoms with Crippen LogP contribution in [0.15, 0.2) is 4.99 Å². The van der Waals surface area contributed by atoms with Gasteiger partial charge in [-0.05, 0) is 14.0 Å². The molecule has 0 aliphatic heterocycles. The Bertz CT molecular complexity index is 70.1. The predicted molar refractivity (Wildman–Crippen MR) is 36.1 cm³/mol. The zero-order valence-corrected chi connectivity index (χ0v) is 5.39. The van der Waals surface area contributed by atoms with Crippen molar-refractivity contribution < 1.29 is 0 Å². The topological polar surface area (TPSA) is 50.4 Å². The summed E-state index contributed by atoms with van der Waals surface area (Å²) < 4.78 is 0. The molecule has 3 heteroatoms. The molecule has 0 aliphatic carbocycles. The van der Waals surface area contributed by atoms with Crippen LogP contribution < -0.4 is 11.1 Å². The molecule has 0 radical (unpaired) electrons. The monoisotopic (exact) mass is 115 g/mol. The maximum absolute atomic E-state index is 5.11. The summed E-state index contributed by atoms with van der Waals surface area (Å²) in [7, 11) is 1.88. The molecule has 0 fully saturated rings. The van der Waals surface area contributed by atoms with E-state index in [4.69, 9.17) is 5.73 Å². The Balaban J connectivity index is 3.21. The number of nitrogens with zero attached hydrogens (tertiary/aromatic N) is 1. The zero-order valence-electron chi connectivity index (χ0n) is 5.39. The van der Waals surface area contributed by atoms with E-state index in [1.807, 2.05) is 14.0 Å². The van der Waals surface area contributed by atoms with E-state index < -0.39 is 0 Å². The Morgan fingerprint density at radius 2 is 2.50 bits per heavy atom. The van der Waals surface area contributed by atoms with E-state index in [0.717, 1.165) is 0 Å². The molecule has 1 atom stereocenters. The smallest absolute Gasteiger partial charge is 0.0856 e. The van der Waals surface area contributed by atoms with Crippen molar-refractivity contribution >= 4 is 6.21 Å². The molecule has 1 unspecified atom stereocenters. The maximum atomic E-state index is 5.11. The van der Waals surface area contributed by atoms with Gasteiger partial charge in [-0.1, -0.05) is 0 Å². The standard InChI is InChI=1S/C5H13N3/c1-5(7-2)3-8-4-6/h3,5,7H,4,6H2,1-2H3. The molecule has 3 nitrogen and oxygen atoms in total. The number of hydrogen-bond donors (Lipinski definition) is 2. The van der Waals surface area contributed by atoms with E-state index in [9.17, 15) is 0 Å². The lowest BCUT2D eigenvalue weighted by atomic mass is 10.4. The van der Waals surface area contributed by atoms with E-state index in [1.54, 1.807) is 6.21 Å². The van der Waals surface area contributed by atoms with Crippen LogP contribution in [0.1, 0.15) is 6.92 Å². The fourth-order valence-corrected chi connectivity index (χ4v) is 0.294. The van der Waals surface area contributed by atoms with Crippen molar-refractivity contribution in [2.24, 2.45) is 10.7 Å². The average Bonchev–Trinajstić information content (AvgIpc) is 1.83. The highest BCUT2D eigenvalue weighted by Crippen LogP contribution is 1.70. The normalized spacial score (nSPS) is 14.9. The van der Waals surface area contributed by atoms with Crippen molar-refractivity contribution in [2.75, 3.05) is 13.7 Å². The second kappa shape index (κ2) is 4.74. The molecule has 0 aromatic carbocycles. The molecule has 0 aromatic heterocycles.